The first kappa shape index (κ1) is 27.9. The highest BCUT2D eigenvalue weighted by atomic mass is 35.5. The highest BCUT2D eigenvalue weighted by Crippen LogP contribution is 2.28. The molecule has 2 aliphatic heterocycles. The van der Waals surface area contributed by atoms with Crippen LogP contribution in [0.25, 0.3) is 10.8 Å². The van der Waals surface area contributed by atoms with Crippen molar-refractivity contribution in [3.63, 3.8) is 0 Å². The number of amides is 1. The predicted octanol–water partition coefficient (Wildman–Crippen LogP) is 4.47. The van der Waals surface area contributed by atoms with E-state index >= 15 is 0 Å². The van der Waals surface area contributed by atoms with E-state index in [2.05, 4.69) is 14.9 Å². The Hall–Kier alpha value is -2.60. The van der Waals surface area contributed by atoms with Gasteiger partial charge in [0.2, 0.25) is 10.0 Å². The van der Waals surface area contributed by atoms with E-state index in [1.54, 1.807) is 41.6 Å². The van der Waals surface area contributed by atoms with E-state index < -0.39 is 10.0 Å². The normalized spacial score (nSPS) is 16.6. The number of pyridine rings is 1. The zero-order valence-electron chi connectivity index (χ0n) is 21.0. The Bertz CT molecular complexity index is 1610. The molecule has 0 aliphatic carbocycles. The number of fused-ring (bicyclic) bond motifs is 2. The third kappa shape index (κ3) is 5.82. The lowest BCUT2D eigenvalue weighted by Gasteiger charge is -2.33. The van der Waals surface area contributed by atoms with E-state index in [4.69, 9.17) is 11.6 Å². The van der Waals surface area contributed by atoms with Crippen molar-refractivity contribution >= 4 is 62.0 Å². The molecule has 2 aromatic carbocycles. The van der Waals surface area contributed by atoms with E-state index in [-0.39, 0.29) is 36.3 Å². The minimum Gasteiger partial charge on any atom is -0.334 e. The van der Waals surface area contributed by atoms with E-state index in [9.17, 15) is 13.2 Å². The number of sulfonamides is 1. The van der Waals surface area contributed by atoms with Gasteiger partial charge in [-0.15, -0.1) is 23.7 Å². The Morgan fingerprint density at radius 3 is 2.44 bits per heavy atom. The molecule has 0 saturated carbocycles. The summed E-state index contributed by atoms with van der Waals surface area (Å²) in [6.07, 6.45) is 4.42. The van der Waals surface area contributed by atoms with Crippen molar-refractivity contribution in [3.8, 4) is 0 Å². The highest BCUT2D eigenvalue weighted by Gasteiger charge is 2.32. The van der Waals surface area contributed by atoms with Gasteiger partial charge in [0.1, 0.15) is 0 Å². The van der Waals surface area contributed by atoms with Crippen LogP contribution >= 0.6 is 35.3 Å². The van der Waals surface area contributed by atoms with Crippen LogP contribution in [0.2, 0.25) is 5.02 Å². The Morgan fingerprint density at radius 2 is 1.67 bits per heavy atom. The quantitative estimate of drug-likeness (QED) is 0.334. The zero-order chi connectivity index (χ0) is 26.3. The molecule has 6 rings (SSSR count). The zero-order valence-corrected chi connectivity index (χ0v) is 24.2. The van der Waals surface area contributed by atoms with Crippen molar-refractivity contribution in [2.24, 2.45) is 0 Å². The van der Waals surface area contributed by atoms with Crippen LogP contribution in [0.4, 0.5) is 0 Å². The first-order chi connectivity index (χ1) is 18.4. The van der Waals surface area contributed by atoms with Gasteiger partial charge < -0.3 is 4.90 Å². The molecule has 0 N–H and O–H groups in total. The first-order valence-corrected chi connectivity index (χ1v) is 15.1. The second kappa shape index (κ2) is 11.5. The van der Waals surface area contributed by atoms with Gasteiger partial charge in [0, 0.05) is 74.5 Å². The summed E-state index contributed by atoms with van der Waals surface area (Å²) in [7, 11) is -3.67. The lowest BCUT2D eigenvalue weighted by Crippen LogP contribution is -2.50. The highest BCUT2D eigenvalue weighted by molar-refractivity contribution is 7.89. The van der Waals surface area contributed by atoms with Crippen molar-refractivity contribution in [2.75, 3.05) is 32.7 Å². The van der Waals surface area contributed by atoms with E-state index in [0.29, 0.717) is 23.1 Å². The molecule has 1 saturated heterocycles. The van der Waals surface area contributed by atoms with Crippen LogP contribution in [0.5, 0.6) is 0 Å². The molecular weight excluding hydrogens is 577 g/mol. The topological polar surface area (TPSA) is 86.7 Å². The van der Waals surface area contributed by atoms with Crippen LogP contribution in [0, 0.1) is 0 Å². The van der Waals surface area contributed by atoms with Crippen molar-refractivity contribution in [2.45, 2.75) is 24.4 Å². The number of benzene rings is 2. The summed E-state index contributed by atoms with van der Waals surface area (Å²) in [5, 5.41) is 2.80. The van der Waals surface area contributed by atoms with Crippen molar-refractivity contribution < 1.29 is 13.2 Å². The molecule has 0 bridgehead atoms. The number of hydrogen-bond acceptors (Lipinski definition) is 7. The molecule has 2 aromatic heterocycles. The second-order valence-corrected chi connectivity index (χ2v) is 13.0. The first-order valence-electron chi connectivity index (χ1n) is 12.5. The SMILES string of the molecule is Cl.O=C(c1nc2c(s1)CN(Cc1ccncc1)CC2)N1CCN(S(=O)(=O)c2ccc3cc(Cl)ccc3c2)CC1. The van der Waals surface area contributed by atoms with Gasteiger partial charge in [0.25, 0.3) is 5.91 Å². The number of thiazole rings is 1. The number of carbonyl (C=O) groups excluding carboxylic acids is 1. The number of rotatable bonds is 5. The van der Waals surface area contributed by atoms with Gasteiger partial charge in [0.05, 0.1) is 10.6 Å². The molecule has 4 heterocycles. The summed E-state index contributed by atoms with van der Waals surface area (Å²) in [5.74, 6) is -0.121. The Labute approximate surface area is 242 Å². The molecule has 39 heavy (non-hydrogen) atoms. The number of nitrogens with zero attached hydrogens (tertiary/aromatic N) is 5. The van der Waals surface area contributed by atoms with Gasteiger partial charge >= 0.3 is 0 Å². The average molecular weight is 605 g/mol. The van der Waals surface area contributed by atoms with Gasteiger partial charge in [-0.25, -0.2) is 13.4 Å². The number of carbonyl (C=O) groups is 1. The molecule has 204 valence electrons. The maximum absolute atomic E-state index is 13.3. The molecule has 1 fully saturated rings. The smallest absolute Gasteiger partial charge is 0.282 e. The third-order valence-electron chi connectivity index (χ3n) is 7.09. The standard InChI is InChI=1S/C27H26ClN5O3S2.ClH/c28-22-3-1-21-16-23(4-2-20(21)15-22)38(35,36)33-13-11-32(12-14-33)27(34)26-30-24-7-10-31(18-25(24)37-26)17-19-5-8-29-9-6-19;/h1-6,8-9,15-16H,7,10-14,17-18H2;1H. The number of aromatic nitrogens is 2. The van der Waals surface area contributed by atoms with Gasteiger partial charge in [0.15, 0.2) is 5.01 Å². The molecule has 8 nitrogen and oxygen atoms in total. The Balaban J connectivity index is 0.00000308. The molecule has 0 radical (unpaired) electrons. The molecular formula is C27H27Cl2N5O3S2. The molecule has 1 amide bonds. The van der Waals surface area contributed by atoms with Crippen molar-refractivity contribution in [3.05, 3.63) is 87.1 Å². The van der Waals surface area contributed by atoms with Gasteiger partial charge in [-0.05, 0) is 52.7 Å². The molecule has 0 unspecified atom stereocenters. The number of hydrogen-bond donors (Lipinski definition) is 0. The van der Waals surface area contributed by atoms with Gasteiger partial charge in [-0.1, -0.05) is 23.7 Å². The fraction of sp³-hybridized carbons (Fsp3) is 0.296. The number of piperazine rings is 1. The lowest BCUT2D eigenvalue weighted by atomic mass is 10.1. The maximum atomic E-state index is 13.3. The molecule has 0 atom stereocenters. The van der Waals surface area contributed by atoms with Gasteiger partial charge in [-0.2, -0.15) is 4.31 Å². The summed E-state index contributed by atoms with van der Waals surface area (Å²) in [4.78, 5) is 27.5. The minimum absolute atomic E-state index is 0. The average Bonchev–Trinajstić information content (AvgIpc) is 3.36. The van der Waals surface area contributed by atoms with Crippen LogP contribution in [-0.4, -0.2) is 71.1 Å². The van der Waals surface area contributed by atoms with Crippen LogP contribution in [0.3, 0.4) is 0 Å². The van der Waals surface area contributed by atoms with E-state index in [1.807, 2.05) is 24.3 Å². The van der Waals surface area contributed by atoms with Crippen LogP contribution < -0.4 is 0 Å². The summed E-state index contributed by atoms with van der Waals surface area (Å²) in [6.45, 7) is 3.66. The molecule has 12 heteroatoms. The Kier molecular flexibility index (Phi) is 8.23. The minimum atomic E-state index is -3.67. The van der Waals surface area contributed by atoms with Crippen LogP contribution in [-0.2, 0) is 29.5 Å². The van der Waals surface area contributed by atoms with E-state index in [1.165, 1.54) is 21.2 Å². The fourth-order valence-corrected chi connectivity index (χ4v) is 7.75. The predicted molar refractivity (Wildman–Crippen MR) is 155 cm³/mol. The maximum Gasteiger partial charge on any atom is 0.282 e. The summed E-state index contributed by atoms with van der Waals surface area (Å²) < 4.78 is 28.1. The summed E-state index contributed by atoms with van der Waals surface area (Å²) in [6, 6.07) is 14.5. The van der Waals surface area contributed by atoms with Crippen molar-refractivity contribution in [1.82, 2.24) is 24.1 Å². The summed E-state index contributed by atoms with van der Waals surface area (Å²) in [5.41, 5.74) is 2.22. The Morgan fingerprint density at radius 1 is 0.949 bits per heavy atom. The second-order valence-electron chi connectivity index (χ2n) is 9.55. The number of halogens is 2. The molecule has 4 aromatic rings. The largest absolute Gasteiger partial charge is 0.334 e. The van der Waals surface area contributed by atoms with Gasteiger partial charge in [-0.3, -0.25) is 14.7 Å². The van der Waals surface area contributed by atoms with Crippen molar-refractivity contribution in [1.29, 1.82) is 0 Å². The summed E-state index contributed by atoms with van der Waals surface area (Å²) >= 11 is 7.51. The monoisotopic (exact) mass is 603 g/mol. The molecule has 0 spiro atoms. The van der Waals surface area contributed by atoms with E-state index in [0.717, 1.165) is 47.4 Å². The van der Waals surface area contributed by atoms with Crippen LogP contribution in [0.1, 0.15) is 25.9 Å². The fourth-order valence-electron chi connectivity index (χ4n) is 4.99. The molecule has 2 aliphatic rings. The third-order valence-corrected chi connectivity index (χ3v) is 10.3. The van der Waals surface area contributed by atoms with Crippen LogP contribution in [0.15, 0.2) is 65.8 Å². The lowest BCUT2D eigenvalue weighted by molar-refractivity contribution is 0.0697.